The molecule has 0 heterocycles. The number of rotatable bonds is 4. The Morgan fingerprint density at radius 2 is 1.89 bits per heavy atom. The standard InChI is InChI=1S/C16H18ClNO/c1-11-4-7-16(12(2)8-11)19-14-6-5-13(10-18-3)15(17)9-14/h4-9,18H,10H2,1-3H3. The van der Waals surface area contributed by atoms with Gasteiger partial charge in [0.15, 0.2) is 0 Å². The molecule has 2 rings (SSSR count). The fourth-order valence-corrected chi connectivity index (χ4v) is 2.20. The van der Waals surface area contributed by atoms with Crippen LogP contribution in [0, 0.1) is 13.8 Å². The van der Waals surface area contributed by atoms with Gasteiger partial charge in [0.25, 0.3) is 0 Å². The van der Waals surface area contributed by atoms with Gasteiger partial charge >= 0.3 is 0 Å². The van der Waals surface area contributed by atoms with Crippen LogP contribution >= 0.6 is 11.6 Å². The van der Waals surface area contributed by atoms with Crippen molar-refractivity contribution in [3.8, 4) is 11.5 Å². The fraction of sp³-hybridized carbons (Fsp3) is 0.250. The predicted octanol–water partition coefficient (Wildman–Crippen LogP) is 4.47. The SMILES string of the molecule is CNCc1ccc(Oc2ccc(C)cc2C)cc1Cl. The Morgan fingerprint density at radius 3 is 2.53 bits per heavy atom. The highest BCUT2D eigenvalue weighted by atomic mass is 35.5. The van der Waals surface area contributed by atoms with Crippen molar-refractivity contribution in [1.29, 1.82) is 0 Å². The topological polar surface area (TPSA) is 21.3 Å². The van der Waals surface area contributed by atoms with Gasteiger partial charge < -0.3 is 10.1 Å². The summed E-state index contributed by atoms with van der Waals surface area (Å²) < 4.78 is 5.87. The van der Waals surface area contributed by atoms with Gasteiger partial charge in [-0.3, -0.25) is 0 Å². The van der Waals surface area contributed by atoms with Crippen LogP contribution in [0.1, 0.15) is 16.7 Å². The van der Waals surface area contributed by atoms with Crippen molar-refractivity contribution in [3.05, 3.63) is 58.1 Å². The van der Waals surface area contributed by atoms with E-state index < -0.39 is 0 Å². The van der Waals surface area contributed by atoms with E-state index in [0.29, 0.717) is 0 Å². The van der Waals surface area contributed by atoms with Crippen LogP contribution in [0.2, 0.25) is 5.02 Å². The minimum absolute atomic E-state index is 0.719. The number of benzene rings is 2. The van der Waals surface area contributed by atoms with Crippen LogP contribution in [0.4, 0.5) is 0 Å². The van der Waals surface area contributed by atoms with E-state index in [1.807, 2.05) is 44.3 Å². The number of hydrogen-bond donors (Lipinski definition) is 1. The molecule has 0 aliphatic carbocycles. The van der Waals surface area contributed by atoms with Gasteiger partial charge in [-0.05, 0) is 50.2 Å². The normalized spacial score (nSPS) is 10.5. The zero-order valence-electron chi connectivity index (χ0n) is 11.5. The summed E-state index contributed by atoms with van der Waals surface area (Å²) in [7, 11) is 1.90. The molecule has 0 fully saturated rings. The Labute approximate surface area is 119 Å². The second-order valence-corrected chi connectivity index (χ2v) is 5.06. The molecule has 3 heteroatoms. The monoisotopic (exact) mass is 275 g/mol. The highest BCUT2D eigenvalue weighted by Gasteiger charge is 2.05. The summed E-state index contributed by atoms with van der Waals surface area (Å²) in [6, 6.07) is 11.9. The quantitative estimate of drug-likeness (QED) is 0.889. The third kappa shape index (κ3) is 3.49. The Morgan fingerprint density at radius 1 is 1.11 bits per heavy atom. The second kappa shape index (κ2) is 6.09. The maximum atomic E-state index is 6.22. The number of ether oxygens (including phenoxy) is 1. The van der Waals surface area contributed by atoms with Gasteiger partial charge in [0.2, 0.25) is 0 Å². The molecule has 0 amide bonds. The van der Waals surface area contributed by atoms with Crippen LogP contribution in [-0.2, 0) is 6.54 Å². The molecule has 0 bridgehead atoms. The molecule has 0 aliphatic rings. The van der Waals surface area contributed by atoms with E-state index in [1.165, 1.54) is 5.56 Å². The average molecular weight is 276 g/mol. The summed E-state index contributed by atoms with van der Waals surface area (Å²) in [5.41, 5.74) is 3.42. The number of nitrogens with one attached hydrogen (secondary N) is 1. The summed E-state index contributed by atoms with van der Waals surface area (Å²) >= 11 is 6.22. The lowest BCUT2D eigenvalue weighted by molar-refractivity contribution is 0.478. The Hall–Kier alpha value is -1.51. The summed E-state index contributed by atoms with van der Waals surface area (Å²) in [5, 5.41) is 3.80. The third-order valence-corrected chi connectivity index (χ3v) is 3.30. The highest BCUT2D eigenvalue weighted by Crippen LogP contribution is 2.29. The van der Waals surface area contributed by atoms with Crippen molar-refractivity contribution in [2.45, 2.75) is 20.4 Å². The van der Waals surface area contributed by atoms with E-state index in [4.69, 9.17) is 16.3 Å². The van der Waals surface area contributed by atoms with Crippen LogP contribution in [0.15, 0.2) is 36.4 Å². The summed E-state index contributed by atoms with van der Waals surface area (Å²) in [6.45, 7) is 4.86. The van der Waals surface area contributed by atoms with Gasteiger partial charge in [0.05, 0.1) is 0 Å². The first-order chi connectivity index (χ1) is 9.10. The third-order valence-electron chi connectivity index (χ3n) is 2.95. The van der Waals surface area contributed by atoms with Gasteiger partial charge in [-0.25, -0.2) is 0 Å². The molecule has 2 aromatic rings. The molecule has 100 valence electrons. The van der Waals surface area contributed by atoms with E-state index in [1.54, 1.807) is 0 Å². The highest BCUT2D eigenvalue weighted by molar-refractivity contribution is 6.31. The zero-order valence-corrected chi connectivity index (χ0v) is 12.2. The summed E-state index contributed by atoms with van der Waals surface area (Å²) in [4.78, 5) is 0. The van der Waals surface area contributed by atoms with Crippen molar-refractivity contribution < 1.29 is 4.74 Å². The van der Waals surface area contributed by atoms with Crippen LogP contribution < -0.4 is 10.1 Å². The molecule has 0 unspecified atom stereocenters. The Kier molecular flexibility index (Phi) is 4.46. The van der Waals surface area contributed by atoms with Gasteiger partial charge in [-0.1, -0.05) is 35.4 Å². The minimum atomic E-state index is 0.719. The van der Waals surface area contributed by atoms with E-state index >= 15 is 0 Å². The zero-order chi connectivity index (χ0) is 13.8. The molecule has 2 aromatic carbocycles. The first-order valence-corrected chi connectivity index (χ1v) is 6.66. The first kappa shape index (κ1) is 13.9. The summed E-state index contributed by atoms with van der Waals surface area (Å²) in [6.07, 6.45) is 0. The van der Waals surface area contributed by atoms with Gasteiger partial charge in [-0.2, -0.15) is 0 Å². The molecule has 2 nitrogen and oxygen atoms in total. The maximum Gasteiger partial charge on any atom is 0.130 e. The lowest BCUT2D eigenvalue weighted by atomic mass is 10.1. The van der Waals surface area contributed by atoms with Gasteiger partial charge in [0, 0.05) is 11.6 Å². The van der Waals surface area contributed by atoms with Gasteiger partial charge in [0.1, 0.15) is 11.5 Å². The van der Waals surface area contributed by atoms with Crippen molar-refractivity contribution in [1.82, 2.24) is 5.32 Å². The van der Waals surface area contributed by atoms with E-state index in [0.717, 1.165) is 34.2 Å². The van der Waals surface area contributed by atoms with Crippen LogP contribution in [-0.4, -0.2) is 7.05 Å². The molecular formula is C16H18ClNO. The van der Waals surface area contributed by atoms with Crippen molar-refractivity contribution in [3.63, 3.8) is 0 Å². The molecule has 0 atom stereocenters. The van der Waals surface area contributed by atoms with Gasteiger partial charge in [-0.15, -0.1) is 0 Å². The smallest absolute Gasteiger partial charge is 0.130 e. The average Bonchev–Trinajstić information content (AvgIpc) is 2.36. The van der Waals surface area contributed by atoms with E-state index in [9.17, 15) is 0 Å². The predicted molar refractivity (Wildman–Crippen MR) is 80.2 cm³/mol. The first-order valence-electron chi connectivity index (χ1n) is 6.28. The van der Waals surface area contributed by atoms with E-state index in [2.05, 4.69) is 18.3 Å². The van der Waals surface area contributed by atoms with Crippen LogP contribution in [0.3, 0.4) is 0 Å². The van der Waals surface area contributed by atoms with Crippen molar-refractivity contribution >= 4 is 11.6 Å². The fourth-order valence-electron chi connectivity index (χ4n) is 1.97. The molecule has 1 N–H and O–H groups in total. The lowest BCUT2D eigenvalue weighted by Crippen LogP contribution is -2.05. The van der Waals surface area contributed by atoms with Crippen molar-refractivity contribution in [2.75, 3.05) is 7.05 Å². The molecule has 19 heavy (non-hydrogen) atoms. The molecule has 0 saturated carbocycles. The molecular weight excluding hydrogens is 258 g/mol. The minimum Gasteiger partial charge on any atom is -0.457 e. The molecule has 0 saturated heterocycles. The second-order valence-electron chi connectivity index (χ2n) is 4.65. The Balaban J connectivity index is 2.21. The van der Waals surface area contributed by atoms with Crippen LogP contribution in [0.5, 0.6) is 11.5 Å². The number of halogens is 1. The largest absolute Gasteiger partial charge is 0.457 e. The van der Waals surface area contributed by atoms with E-state index in [-0.39, 0.29) is 0 Å². The maximum absolute atomic E-state index is 6.22. The summed E-state index contributed by atoms with van der Waals surface area (Å²) in [5.74, 6) is 1.62. The number of aryl methyl sites for hydroxylation is 2. The molecule has 0 aliphatic heterocycles. The molecule has 0 spiro atoms. The van der Waals surface area contributed by atoms with Crippen molar-refractivity contribution in [2.24, 2.45) is 0 Å². The Bertz CT molecular complexity index is 581. The molecule has 0 radical (unpaired) electrons. The molecule has 0 aromatic heterocycles. The lowest BCUT2D eigenvalue weighted by Gasteiger charge is -2.11. The van der Waals surface area contributed by atoms with Crippen LogP contribution in [0.25, 0.3) is 0 Å². The number of hydrogen-bond acceptors (Lipinski definition) is 2.